The van der Waals surface area contributed by atoms with E-state index in [9.17, 15) is 26.3 Å². The van der Waals surface area contributed by atoms with E-state index in [2.05, 4.69) is 20.4 Å². The number of guanidine groups is 1. The maximum atomic E-state index is 12.1. The minimum atomic E-state index is -4.41. The van der Waals surface area contributed by atoms with Gasteiger partial charge in [0.25, 0.3) is 0 Å². The Morgan fingerprint density at radius 1 is 1.00 bits per heavy atom. The molecule has 0 unspecified atom stereocenters. The van der Waals surface area contributed by atoms with Crippen molar-refractivity contribution in [3.63, 3.8) is 0 Å². The molecule has 0 amide bonds. The molecule has 0 bridgehead atoms. The molecule has 0 aromatic heterocycles. The summed E-state index contributed by atoms with van der Waals surface area (Å²) in [4.78, 5) is 4.12. The first-order valence-electron chi connectivity index (χ1n) is 7.46. The summed E-state index contributed by atoms with van der Waals surface area (Å²) in [5.74, 6) is 0.296. The second-order valence-electron chi connectivity index (χ2n) is 5.03. The summed E-state index contributed by atoms with van der Waals surface area (Å²) in [6, 6.07) is 5.82. The summed E-state index contributed by atoms with van der Waals surface area (Å²) >= 11 is 0. The first-order chi connectivity index (χ1) is 11.6. The normalized spacial score (nSPS) is 12.3. The lowest BCUT2D eigenvalue weighted by molar-refractivity contribution is -0.153. The van der Waals surface area contributed by atoms with Crippen molar-refractivity contribution in [3.05, 3.63) is 29.8 Å². The van der Waals surface area contributed by atoms with Crippen molar-refractivity contribution in [1.29, 1.82) is 0 Å². The fourth-order valence-electron chi connectivity index (χ4n) is 1.69. The van der Waals surface area contributed by atoms with Gasteiger partial charge in [0.1, 0.15) is 5.75 Å². The summed E-state index contributed by atoms with van der Waals surface area (Å²) in [6.07, 6.45) is -9.65. The minimum absolute atomic E-state index is 0. The number of rotatable bonds is 7. The molecule has 1 aromatic rings. The van der Waals surface area contributed by atoms with Crippen molar-refractivity contribution < 1.29 is 31.1 Å². The number of benzene rings is 1. The van der Waals surface area contributed by atoms with Gasteiger partial charge in [0.2, 0.25) is 0 Å². The van der Waals surface area contributed by atoms with Crippen LogP contribution in [0.2, 0.25) is 0 Å². The number of alkyl halides is 6. The molecule has 0 atom stereocenters. The molecule has 150 valence electrons. The summed E-state index contributed by atoms with van der Waals surface area (Å²) in [6.45, 7) is 0.717. The fraction of sp³-hybridized carbons (Fsp3) is 0.533. The van der Waals surface area contributed by atoms with Crippen molar-refractivity contribution in [2.75, 3.05) is 19.7 Å². The van der Waals surface area contributed by atoms with Gasteiger partial charge in [-0.15, -0.1) is 24.0 Å². The highest BCUT2D eigenvalue weighted by atomic mass is 127. The van der Waals surface area contributed by atoms with Crippen LogP contribution in [0.3, 0.4) is 0 Å². The Morgan fingerprint density at radius 3 is 2.12 bits per heavy atom. The molecule has 11 heteroatoms. The molecule has 0 aliphatic carbocycles. The monoisotopic (exact) mass is 499 g/mol. The van der Waals surface area contributed by atoms with Gasteiger partial charge in [-0.3, -0.25) is 0 Å². The topological polar surface area (TPSA) is 45.7 Å². The molecule has 0 aliphatic heterocycles. The van der Waals surface area contributed by atoms with Crippen molar-refractivity contribution in [2.45, 2.75) is 32.2 Å². The number of ether oxygens (including phenoxy) is 1. The van der Waals surface area contributed by atoms with Crippen LogP contribution in [0, 0.1) is 0 Å². The second kappa shape index (κ2) is 11.3. The zero-order valence-corrected chi connectivity index (χ0v) is 16.2. The van der Waals surface area contributed by atoms with E-state index in [0.29, 0.717) is 12.1 Å². The summed E-state index contributed by atoms with van der Waals surface area (Å²) in [7, 11) is 0. The van der Waals surface area contributed by atoms with Gasteiger partial charge in [0, 0.05) is 13.1 Å². The second-order valence-corrected chi connectivity index (χ2v) is 5.03. The Kier molecular flexibility index (Phi) is 10.7. The van der Waals surface area contributed by atoms with Crippen molar-refractivity contribution >= 4 is 29.9 Å². The first-order valence-corrected chi connectivity index (χ1v) is 7.46. The van der Waals surface area contributed by atoms with Crippen molar-refractivity contribution in [3.8, 4) is 5.75 Å². The molecule has 0 radical (unpaired) electrons. The number of hydrogen-bond donors (Lipinski definition) is 2. The summed E-state index contributed by atoms with van der Waals surface area (Å²) < 4.78 is 77.1. The van der Waals surface area contributed by atoms with Gasteiger partial charge in [-0.2, -0.15) is 26.3 Å². The van der Waals surface area contributed by atoms with Crippen LogP contribution < -0.4 is 15.4 Å². The number of aliphatic imine (C=N–C) groups is 1. The SMILES string of the molecule is CCNC(=NCc1ccc(OCC(F)(F)F)cc1)NCCC(F)(F)F.I. The Balaban J connectivity index is 0.00000625. The van der Waals surface area contributed by atoms with Crippen LogP contribution in [-0.4, -0.2) is 38.0 Å². The molecular weight excluding hydrogens is 479 g/mol. The van der Waals surface area contributed by atoms with E-state index in [1.165, 1.54) is 24.3 Å². The van der Waals surface area contributed by atoms with Crippen LogP contribution in [0.5, 0.6) is 5.75 Å². The van der Waals surface area contributed by atoms with Gasteiger partial charge in [-0.05, 0) is 24.6 Å². The fourth-order valence-corrected chi connectivity index (χ4v) is 1.69. The zero-order valence-electron chi connectivity index (χ0n) is 13.9. The van der Waals surface area contributed by atoms with E-state index in [0.717, 1.165) is 0 Å². The number of hydrogen-bond acceptors (Lipinski definition) is 2. The predicted octanol–water partition coefficient (Wildman–Crippen LogP) is 4.25. The molecule has 0 fully saturated rings. The third-order valence-corrected chi connectivity index (χ3v) is 2.79. The molecule has 0 saturated carbocycles. The molecule has 2 N–H and O–H groups in total. The van der Waals surface area contributed by atoms with Gasteiger partial charge in [0.15, 0.2) is 12.6 Å². The zero-order chi connectivity index (χ0) is 18.9. The maximum absolute atomic E-state index is 12.1. The molecule has 4 nitrogen and oxygen atoms in total. The van der Waals surface area contributed by atoms with Gasteiger partial charge < -0.3 is 15.4 Å². The van der Waals surface area contributed by atoms with Gasteiger partial charge >= 0.3 is 12.4 Å². The summed E-state index contributed by atoms with van der Waals surface area (Å²) in [5.41, 5.74) is 0.674. The number of nitrogens with zero attached hydrogens (tertiary/aromatic N) is 1. The quantitative estimate of drug-likeness (QED) is 0.255. The average Bonchev–Trinajstić information content (AvgIpc) is 2.49. The largest absolute Gasteiger partial charge is 0.484 e. The predicted molar refractivity (Wildman–Crippen MR) is 96.9 cm³/mol. The highest BCUT2D eigenvalue weighted by Gasteiger charge is 2.28. The molecule has 26 heavy (non-hydrogen) atoms. The molecule has 1 aromatic carbocycles. The third kappa shape index (κ3) is 12.0. The lowest BCUT2D eigenvalue weighted by Crippen LogP contribution is -2.38. The Labute approximate surface area is 164 Å². The highest BCUT2D eigenvalue weighted by molar-refractivity contribution is 14.0. The van der Waals surface area contributed by atoms with E-state index in [-0.39, 0.29) is 48.8 Å². The van der Waals surface area contributed by atoms with Crippen molar-refractivity contribution in [1.82, 2.24) is 10.6 Å². The van der Waals surface area contributed by atoms with Crippen LogP contribution in [-0.2, 0) is 6.54 Å². The van der Waals surface area contributed by atoms with Crippen LogP contribution >= 0.6 is 24.0 Å². The molecule has 0 saturated heterocycles. The highest BCUT2D eigenvalue weighted by Crippen LogP contribution is 2.19. The Hall–Kier alpha value is -1.40. The van der Waals surface area contributed by atoms with E-state index in [1.807, 2.05) is 0 Å². The van der Waals surface area contributed by atoms with E-state index >= 15 is 0 Å². The molecule has 0 spiro atoms. The van der Waals surface area contributed by atoms with E-state index in [1.54, 1.807) is 6.92 Å². The van der Waals surface area contributed by atoms with Gasteiger partial charge in [0.05, 0.1) is 13.0 Å². The number of halogens is 7. The van der Waals surface area contributed by atoms with Crippen LogP contribution in [0.25, 0.3) is 0 Å². The van der Waals surface area contributed by atoms with E-state index < -0.39 is 25.4 Å². The third-order valence-electron chi connectivity index (χ3n) is 2.79. The van der Waals surface area contributed by atoms with Gasteiger partial charge in [-0.1, -0.05) is 12.1 Å². The van der Waals surface area contributed by atoms with Crippen LogP contribution in [0.4, 0.5) is 26.3 Å². The Bertz CT molecular complexity index is 546. The lowest BCUT2D eigenvalue weighted by atomic mass is 10.2. The maximum Gasteiger partial charge on any atom is 0.422 e. The molecular formula is C15H20F6IN3O. The molecule has 0 heterocycles. The standard InChI is InChI=1S/C15H19F6N3O.HI/c1-2-22-13(23-8-7-14(16,17)18)24-9-11-3-5-12(6-4-11)25-10-15(19,20)21;/h3-6H,2,7-10H2,1H3,(H2,22,23,24);1H. The molecule has 0 aliphatic rings. The molecule has 1 rings (SSSR count). The Morgan fingerprint density at radius 2 is 1.62 bits per heavy atom. The lowest BCUT2D eigenvalue weighted by Gasteiger charge is -2.12. The van der Waals surface area contributed by atoms with E-state index in [4.69, 9.17) is 0 Å². The number of nitrogens with one attached hydrogen (secondary N) is 2. The first kappa shape index (κ1) is 24.6. The van der Waals surface area contributed by atoms with Crippen LogP contribution in [0.15, 0.2) is 29.3 Å². The smallest absolute Gasteiger partial charge is 0.422 e. The van der Waals surface area contributed by atoms with Gasteiger partial charge in [-0.25, -0.2) is 4.99 Å². The minimum Gasteiger partial charge on any atom is -0.484 e. The summed E-state index contributed by atoms with van der Waals surface area (Å²) in [5, 5.41) is 5.37. The average molecular weight is 499 g/mol. The van der Waals surface area contributed by atoms with Crippen LogP contribution in [0.1, 0.15) is 18.9 Å². The van der Waals surface area contributed by atoms with Crippen molar-refractivity contribution in [2.24, 2.45) is 4.99 Å².